The summed E-state index contributed by atoms with van der Waals surface area (Å²) < 4.78 is 50.5. The minimum atomic E-state index is -0.845. The number of allylic oxidation sites excluding steroid dienone is 2. The second kappa shape index (κ2) is 12.4. The Morgan fingerprint density at radius 2 is 1.61 bits per heavy atom. The van der Waals surface area contributed by atoms with Crippen LogP contribution in [0.1, 0.15) is 69.4 Å². The standard InChI is InChI=1S/C32H35F3O/c1-3-5-7-8-24-15-19-29(32(35)31(24)34)23-12-10-22(11-13-23)28-18-16-25(20-30(28)33)26-14-17-27(36-21-26)9-6-4-2/h3,5,10-13,15-16,18-20,26-27H,4,6-9,14,17,21H2,1-2H3. The molecule has 0 amide bonds. The second-order valence-electron chi connectivity index (χ2n) is 9.70. The summed E-state index contributed by atoms with van der Waals surface area (Å²) in [4.78, 5) is 0. The Kier molecular flexibility index (Phi) is 9.03. The largest absolute Gasteiger partial charge is 0.378 e. The van der Waals surface area contributed by atoms with Gasteiger partial charge in [-0.15, -0.1) is 0 Å². The molecule has 1 aliphatic rings. The molecule has 0 saturated carbocycles. The molecule has 4 rings (SSSR count). The molecule has 2 atom stereocenters. The summed E-state index contributed by atoms with van der Waals surface area (Å²) in [6, 6.07) is 15.6. The Hall–Kier alpha value is -2.85. The molecular weight excluding hydrogens is 457 g/mol. The Balaban J connectivity index is 1.46. The van der Waals surface area contributed by atoms with Crippen molar-refractivity contribution in [1.29, 1.82) is 0 Å². The van der Waals surface area contributed by atoms with Gasteiger partial charge in [-0.3, -0.25) is 0 Å². The maximum Gasteiger partial charge on any atom is 0.166 e. The lowest BCUT2D eigenvalue weighted by Gasteiger charge is -2.29. The van der Waals surface area contributed by atoms with E-state index in [1.54, 1.807) is 42.5 Å². The Morgan fingerprint density at radius 1 is 0.889 bits per heavy atom. The van der Waals surface area contributed by atoms with Crippen LogP contribution in [0.3, 0.4) is 0 Å². The highest BCUT2D eigenvalue weighted by atomic mass is 19.2. The molecule has 1 saturated heterocycles. The van der Waals surface area contributed by atoms with E-state index in [0.29, 0.717) is 47.8 Å². The van der Waals surface area contributed by atoms with Crippen LogP contribution in [0.25, 0.3) is 22.3 Å². The first kappa shape index (κ1) is 26.2. The van der Waals surface area contributed by atoms with Crippen molar-refractivity contribution in [2.45, 2.75) is 70.8 Å². The minimum Gasteiger partial charge on any atom is -0.378 e. The highest BCUT2D eigenvalue weighted by Crippen LogP contribution is 2.34. The van der Waals surface area contributed by atoms with Gasteiger partial charge in [0.05, 0.1) is 12.7 Å². The monoisotopic (exact) mass is 492 g/mol. The van der Waals surface area contributed by atoms with E-state index in [9.17, 15) is 8.78 Å². The van der Waals surface area contributed by atoms with Crippen molar-refractivity contribution in [3.63, 3.8) is 0 Å². The van der Waals surface area contributed by atoms with Gasteiger partial charge in [0, 0.05) is 17.0 Å². The van der Waals surface area contributed by atoms with Gasteiger partial charge in [0.2, 0.25) is 0 Å². The van der Waals surface area contributed by atoms with Crippen LogP contribution >= 0.6 is 0 Å². The first-order chi connectivity index (χ1) is 17.5. The van der Waals surface area contributed by atoms with E-state index in [0.717, 1.165) is 24.8 Å². The molecule has 0 radical (unpaired) electrons. The minimum absolute atomic E-state index is 0.208. The molecule has 1 nitrogen and oxygen atoms in total. The zero-order valence-corrected chi connectivity index (χ0v) is 21.2. The second-order valence-corrected chi connectivity index (χ2v) is 9.70. The van der Waals surface area contributed by atoms with Crippen molar-refractivity contribution in [3.8, 4) is 22.3 Å². The Labute approximate surface area is 213 Å². The quantitative estimate of drug-likeness (QED) is 0.270. The molecule has 36 heavy (non-hydrogen) atoms. The fraction of sp³-hybridized carbons (Fsp3) is 0.375. The van der Waals surface area contributed by atoms with Crippen molar-refractivity contribution < 1.29 is 17.9 Å². The highest BCUT2D eigenvalue weighted by Gasteiger charge is 2.23. The maximum atomic E-state index is 15.1. The highest BCUT2D eigenvalue weighted by molar-refractivity contribution is 5.71. The van der Waals surface area contributed by atoms with Gasteiger partial charge in [-0.25, -0.2) is 13.2 Å². The summed E-state index contributed by atoms with van der Waals surface area (Å²) in [5, 5.41) is 0. The smallest absolute Gasteiger partial charge is 0.166 e. The molecule has 1 heterocycles. The van der Waals surface area contributed by atoms with Crippen LogP contribution in [0.5, 0.6) is 0 Å². The average Bonchev–Trinajstić information content (AvgIpc) is 2.90. The van der Waals surface area contributed by atoms with Gasteiger partial charge in [-0.05, 0) is 67.3 Å². The Bertz CT molecular complexity index is 1170. The van der Waals surface area contributed by atoms with Crippen LogP contribution < -0.4 is 0 Å². The average molecular weight is 493 g/mol. The molecule has 3 aromatic carbocycles. The molecule has 0 spiro atoms. The normalized spacial score (nSPS) is 18.1. The number of benzene rings is 3. The summed E-state index contributed by atoms with van der Waals surface area (Å²) >= 11 is 0. The van der Waals surface area contributed by atoms with Crippen LogP contribution in [-0.2, 0) is 11.2 Å². The van der Waals surface area contributed by atoms with E-state index < -0.39 is 11.6 Å². The molecule has 0 aliphatic carbocycles. The van der Waals surface area contributed by atoms with Crippen LogP contribution in [0, 0.1) is 17.5 Å². The molecule has 1 aliphatic heterocycles. The van der Waals surface area contributed by atoms with Crippen molar-refractivity contribution >= 4 is 0 Å². The van der Waals surface area contributed by atoms with Crippen molar-refractivity contribution in [2.75, 3.05) is 6.61 Å². The topological polar surface area (TPSA) is 9.23 Å². The molecule has 4 heteroatoms. The molecule has 2 unspecified atom stereocenters. The third kappa shape index (κ3) is 6.10. The molecule has 0 bridgehead atoms. The summed E-state index contributed by atoms with van der Waals surface area (Å²) in [6.45, 7) is 4.73. The van der Waals surface area contributed by atoms with Crippen LogP contribution in [-0.4, -0.2) is 12.7 Å². The van der Waals surface area contributed by atoms with E-state index in [2.05, 4.69) is 6.92 Å². The maximum absolute atomic E-state index is 15.1. The van der Waals surface area contributed by atoms with E-state index in [1.165, 1.54) is 12.8 Å². The molecule has 0 aromatic heterocycles. The van der Waals surface area contributed by atoms with Crippen LogP contribution in [0.2, 0.25) is 0 Å². The van der Waals surface area contributed by atoms with Gasteiger partial charge in [0.15, 0.2) is 11.6 Å². The van der Waals surface area contributed by atoms with Gasteiger partial charge < -0.3 is 4.74 Å². The SMILES string of the molecule is CC=CCCc1ccc(-c2ccc(-c3ccc(C4CCC(CCCC)OC4)cc3F)cc2)c(F)c1F. The van der Waals surface area contributed by atoms with E-state index in [-0.39, 0.29) is 17.3 Å². The lowest BCUT2D eigenvalue weighted by molar-refractivity contribution is -0.00193. The molecule has 1 fully saturated rings. The predicted octanol–water partition coefficient (Wildman–Crippen LogP) is 9.40. The number of halogens is 3. The van der Waals surface area contributed by atoms with E-state index in [1.807, 2.05) is 31.2 Å². The number of hydrogen-bond donors (Lipinski definition) is 0. The Morgan fingerprint density at radius 3 is 2.25 bits per heavy atom. The molecule has 190 valence electrons. The zero-order chi connectivity index (χ0) is 25.5. The number of rotatable bonds is 9. The summed E-state index contributed by atoms with van der Waals surface area (Å²) in [5.74, 6) is -1.71. The van der Waals surface area contributed by atoms with Gasteiger partial charge in [-0.2, -0.15) is 0 Å². The summed E-state index contributed by atoms with van der Waals surface area (Å²) in [7, 11) is 0. The molecule has 3 aromatic rings. The third-order valence-corrected chi connectivity index (χ3v) is 7.20. The number of hydrogen-bond acceptors (Lipinski definition) is 1. The van der Waals surface area contributed by atoms with Crippen LogP contribution in [0.15, 0.2) is 66.7 Å². The van der Waals surface area contributed by atoms with Crippen molar-refractivity contribution in [3.05, 3.63) is 95.3 Å². The number of aryl methyl sites for hydroxylation is 1. The lowest BCUT2D eigenvalue weighted by Crippen LogP contribution is -2.24. The van der Waals surface area contributed by atoms with Crippen LogP contribution in [0.4, 0.5) is 13.2 Å². The van der Waals surface area contributed by atoms with Crippen molar-refractivity contribution in [1.82, 2.24) is 0 Å². The summed E-state index contributed by atoms with van der Waals surface area (Å²) in [5.41, 5.74) is 3.30. The zero-order valence-electron chi connectivity index (χ0n) is 21.2. The van der Waals surface area contributed by atoms with Gasteiger partial charge in [0.1, 0.15) is 5.82 Å². The fourth-order valence-corrected chi connectivity index (χ4v) is 4.99. The van der Waals surface area contributed by atoms with Crippen molar-refractivity contribution in [2.24, 2.45) is 0 Å². The van der Waals surface area contributed by atoms with Gasteiger partial charge in [-0.1, -0.05) is 80.4 Å². The predicted molar refractivity (Wildman–Crippen MR) is 142 cm³/mol. The van der Waals surface area contributed by atoms with E-state index in [4.69, 9.17) is 4.74 Å². The van der Waals surface area contributed by atoms with Gasteiger partial charge >= 0.3 is 0 Å². The lowest BCUT2D eigenvalue weighted by atomic mass is 9.89. The molecule has 0 N–H and O–H groups in total. The first-order valence-corrected chi connectivity index (χ1v) is 13.1. The third-order valence-electron chi connectivity index (χ3n) is 7.20. The number of unbranched alkanes of at least 4 members (excludes halogenated alkanes) is 1. The first-order valence-electron chi connectivity index (χ1n) is 13.1. The number of ether oxygens (including phenoxy) is 1. The van der Waals surface area contributed by atoms with Gasteiger partial charge in [0.25, 0.3) is 0 Å². The summed E-state index contributed by atoms with van der Waals surface area (Å²) in [6.07, 6.45) is 10.8. The fourth-order valence-electron chi connectivity index (χ4n) is 4.99. The molecular formula is C32H35F3O. The van der Waals surface area contributed by atoms with E-state index >= 15 is 4.39 Å².